The minimum absolute atomic E-state index is 0.0215. The first-order valence-corrected chi connectivity index (χ1v) is 14.1. The van der Waals surface area contributed by atoms with Crippen LogP contribution in [-0.2, 0) is 24.3 Å². The van der Waals surface area contributed by atoms with Crippen LogP contribution in [0.15, 0.2) is 30.3 Å². The van der Waals surface area contributed by atoms with Crippen LogP contribution in [0.4, 0.5) is 10.3 Å². The summed E-state index contributed by atoms with van der Waals surface area (Å²) in [6, 6.07) is 5.66. The molecule has 0 aliphatic carbocycles. The molecule has 1 N–H and O–H groups in total. The van der Waals surface area contributed by atoms with Crippen molar-refractivity contribution in [2.75, 3.05) is 24.7 Å². The lowest BCUT2D eigenvalue weighted by atomic mass is 9.97. The Morgan fingerprint density at radius 3 is 2.29 bits per heavy atom. The molecule has 0 aliphatic rings. The van der Waals surface area contributed by atoms with E-state index in [0.717, 1.165) is 10.6 Å². The second-order valence-corrected chi connectivity index (χ2v) is 12.4. The molecule has 1 heterocycles. The lowest BCUT2D eigenvalue weighted by molar-refractivity contribution is -0.157. The summed E-state index contributed by atoms with van der Waals surface area (Å²) in [5.41, 5.74) is 1.40. The number of rotatable bonds is 11. The monoisotopic (exact) mass is 551 g/mol. The molecule has 210 valence electrons. The molecule has 0 fully saturated rings. The average Bonchev–Trinajstić information content (AvgIpc) is 2.80. The summed E-state index contributed by atoms with van der Waals surface area (Å²) in [5.74, 6) is -1.02. The quantitative estimate of drug-likeness (QED) is 0.411. The van der Waals surface area contributed by atoms with E-state index in [1.165, 1.54) is 26.3 Å². The number of benzene rings is 1. The third-order valence-electron chi connectivity index (χ3n) is 5.54. The van der Waals surface area contributed by atoms with Crippen molar-refractivity contribution in [3.05, 3.63) is 47.4 Å². The number of carbonyl (C=O) groups excluding carboxylic acids is 1. The molecule has 11 heteroatoms. The van der Waals surface area contributed by atoms with Gasteiger partial charge in [0.25, 0.3) is 0 Å². The highest BCUT2D eigenvalue weighted by atomic mass is 32.2. The third-order valence-corrected chi connectivity index (χ3v) is 6.70. The molecule has 0 saturated carbocycles. The van der Waals surface area contributed by atoms with Crippen molar-refractivity contribution in [2.45, 2.75) is 71.2 Å². The Kier molecular flexibility index (Phi) is 10.5. The number of nitrogens with zero attached hydrogens (tertiary/aromatic N) is 3. The largest absolute Gasteiger partial charge is 0.460 e. The summed E-state index contributed by atoms with van der Waals surface area (Å²) >= 11 is 0. The maximum Gasteiger partial charge on any atom is 0.308 e. The number of anilines is 1. The number of hydrogen-bond donors (Lipinski definition) is 1. The molecule has 9 nitrogen and oxygen atoms in total. The Morgan fingerprint density at radius 1 is 1.18 bits per heavy atom. The average molecular weight is 552 g/mol. The van der Waals surface area contributed by atoms with Gasteiger partial charge in [-0.25, -0.2) is 27.1 Å². The summed E-state index contributed by atoms with van der Waals surface area (Å²) in [6.45, 7) is 9.12. The zero-order valence-electron chi connectivity index (χ0n) is 23.2. The van der Waals surface area contributed by atoms with E-state index in [9.17, 15) is 22.7 Å². The predicted molar refractivity (Wildman–Crippen MR) is 146 cm³/mol. The number of esters is 1. The zero-order valence-corrected chi connectivity index (χ0v) is 24.0. The molecule has 2 rings (SSSR count). The van der Waals surface area contributed by atoms with Gasteiger partial charge < -0.3 is 14.6 Å². The number of ether oxygens (including phenoxy) is 2. The Balaban J connectivity index is 2.48. The van der Waals surface area contributed by atoms with E-state index in [4.69, 9.17) is 9.47 Å². The van der Waals surface area contributed by atoms with Gasteiger partial charge in [-0.3, -0.25) is 4.79 Å². The zero-order chi connectivity index (χ0) is 28.8. The number of halogens is 1. The molecule has 2 aromatic rings. The van der Waals surface area contributed by atoms with Gasteiger partial charge in [-0.15, -0.1) is 0 Å². The molecule has 1 aromatic heterocycles. The van der Waals surface area contributed by atoms with Crippen LogP contribution < -0.4 is 4.31 Å². The molecular weight excluding hydrogens is 513 g/mol. The third kappa shape index (κ3) is 9.14. The van der Waals surface area contributed by atoms with Gasteiger partial charge in [-0.05, 0) is 51.0 Å². The fourth-order valence-corrected chi connectivity index (χ4v) is 3.96. The van der Waals surface area contributed by atoms with Gasteiger partial charge >= 0.3 is 5.97 Å². The van der Waals surface area contributed by atoms with Gasteiger partial charge in [-0.2, -0.15) is 0 Å². The number of aliphatic hydroxyl groups excluding tert-OH is 1. The van der Waals surface area contributed by atoms with E-state index in [0.29, 0.717) is 22.5 Å². The van der Waals surface area contributed by atoms with Crippen molar-refractivity contribution in [1.82, 2.24) is 9.97 Å². The van der Waals surface area contributed by atoms with E-state index in [1.54, 1.807) is 45.1 Å². The number of aromatic nitrogens is 2. The maximum atomic E-state index is 13.7. The van der Waals surface area contributed by atoms with Crippen LogP contribution in [0.5, 0.6) is 0 Å². The van der Waals surface area contributed by atoms with Crippen molar-refractivity contribution in [1.29, 1.82) is 0 Å². The molecule has 0 bridgehead atoms. The lowest BCUT2D eigenvalue weighted by Gasteiger charge is -2.22. The topological polar surface area (TPSA) is 119 Å². The van der Waals surface area contributed by atoms with E-state index < -0.39 is 39.6 Å². The van der Waals surface area contributed by atoms with Gasteiger partial charge in [-0.1, -0.05) is 26.0 Å². The van der Waals surface area contributed by atoms with Crippen molar-refractivity contribution in [2.24, 2.45) is 0 Å². The van der Waals surface area contributed by atoms with Crippen LogP contribution in [0.25, 0.3) is 17.3 Å². The van der Waals surface area contributed by atoms with Crippen LogP contribution in [0, 0.1) is 5.82 Å². The highest BCUT2D eigenvalue weighted by molar-refractivity contribution is 7.92. The molecule has 2 atom stereocenters. The lowest BCUT2D eigenvalue weighted by Crippen LogP contribution is -2.28. The maximum absolute atomic E-state index is 13.7. The van der Waals surface area contributed by atoms with E-state index in [2.05, 4.69) is 9.97 Å². The fraction of sp³-hybridized carbons (Fsp3) is 0.519. The van der Waals surface area contributed by atoms with Crippen LogP contribution in [-0.4, -0.2) is 67.7 Å². The Morgan fingerprint density at radius 2 is 1.79 bits per heavy atom. The van der Waals surface area contributed by atoms with E-state index in [1.807, 2.05) is 13.8 Å². The summed E-state index contributed by atoms with van der Waals surface area (Å²) in [5, 5.41) is 10.7. The molecular formula is C27H38FN3O6S. The molecule has 0 radical (unpaired) electrons. The molecule has 1 aromatic carbocycles. The number of hydrogen-bond acceptors (Lipinski definition) is 8. The Hall–Kier alpha value is -2.89. The summed E-state index contributed by atoms with van der Waals surface area (Å²) in [6.07, 6.45) is 2.80. The predicted octanol–water partition coefficient (Wildman–Crippen LogP) is 4.31. The number of methoxy groups -OCH3 is 1. The Bertz CT molecular complexity index is 1240. The second kappa shape index (κ2) is 12.8. The molecule has 0 saturated heterocycles. The molecule has 0 spiro atoms. The summed E-state index contributed by atoms with van der Waals surface area (Å²) in [4.78, 5) is 21.2. The van der Waals surface area contributed by atoms with E-state index >= 15 is 0 Å². The summed E-state index contributed by atoms with van der Waals surface area (Å²) < 4.78 is 49.7. The molecule has 0 aliphatic heterocycles. The number of carbonyl (C=O) groups is 1. The minimum Gasteiger partial charge on any atom is -0.460 e. The van der Waals surface area contributed by atoms with Crippen LogP contribution >= 0.6 is 0 Å². The standard InChI is InChI=1S/C27H38FN3O6S/c1-17(2)24-22(14-13-20(32)15-21(36-7)16-23(33)37-27(3,4)5)25(18-9-11-19(28)12-10-18)30-26(29-24)31(6)38(8,34)35/h9-14,17,20-21,32H,15-16H2,1-8H3/b14-13+/t20-,21?/m1/s1. The Labute approximate surface area is 224 Å². The smallest absolute Gasteiger partial charge is 0.308 e. The fourth-order valence-electron chi connectivity index (χ4n) is 3.58. The first-order chi connectivity index (χ1) is 17.5. The van der Waals surface area contributed by atoms with Crippen LogP contribution in [0.3, 0.4) is 0 Å². The van der Waals surface area contributed by atoms with Gasteiger partial charge in [0.1, 0.15) is 11.4 Å². The highest BCUT2D eigenvalue weighted by Crippen LogP contribution is 2.32. The minimum atomic E-state index is -3.64. The van der Waals surface area contributed by atoms with Crippen molar-refractivity contribution in [3.8, 4) is 11.3 Å². The molecule has 1 unspecified atom stereocenters. The number of aliphatic hydroxyl groups is 1. The van der Waals surface area contributed by atoms with Crippen LogP contribution in [0.1, 0.15) is 64.6 Å². The van der Waals surface area contributed by atoms with Gasteiger partial charge in [0, 0.05) is 31.7 Å². The van der Waals surface area contributed by atoms with Gasteiger partial charge in [0.05, 0.1) is 36.3 Å². The highest BCUT2D eigenvalue weighted by Gasteiger charge is 2.24. The van der Waals surface area contributed by atoms with Gasteiger partial charge in [0.2, 0.25) is 16.0 Å². The molecule has 0 amide bonds. The van der Waals surface area contributed by atoms with Crippen molar-refractivity contribution < 1.29 is 32.2 Å². The van der Waals surface area contributed by atoms with E-state index in [-0.39, 0.29) is 24.7 Å². The second-order valence-electron chi connectivity index (χ2n) is 10.4. The SMILES string of the molecule is COC(CC(=O)OC(C)(C)C)C[C@H](O)/C=C/c1c(-c2ccc(F)cc2)nc(N(C)S(C)(=O)=O)nc1C(C)C. The number of sulfonamides is 1. The van der Waals surface area contributed by atoms with Gasteiger partial charge in [0.15, 0.2) is 0 Å². The van der Waals surface area contributed by atoms with Crippen LogP contribution in [0.2, 0.25) is 0 Å². The summed E-state index contributed by atoms with van der Waals surface area (Å²) in [7, 11) is -0.825. The normalized spacial score (nSPS) is 14.1. The molecule has 38 heavy (non-hydrogen) atoms. The van der Waals surface area contributed by atoms with Crippen molar-refractivity contribution in [3.63, 3.8) is 0 Å². The first-order valence-electron chi connectivity index (χ1n) is 12.2. The first kappa shape index (κ1) is 31.3. The van der Waals surface area contributed by atoms with Crippen molar-refractivity contribution >= 4 is 28.0 Å².